The molecule has 0 aromatic heterocycles. The third-order valence-corrected chi connectivity index (χ3v) is 5.35. The molecule has 3 aliphatic heterocycles. The van der Waals surface area contributed by atoms with Gasteiger partial charge in [-0.05, 0) is 58.4 Å². The summed E-state index contributed by atoms with van der Waals surface area (Å²) in [5, 5.41) is 3.77. The molecule has 0 aromatic carbocycles. The maximum Gasteiger partial charge on any atom is 0.307 e. The van der Waals surface area contributed by atoms with Crippen molar-refractivity contribution in [1.29, 1.82) is 0 Å². The lowest BCUT2D eigenvalue weighted by atomic mass is 9.68. The van der Waals surface area contributed by atoms with Crippen LogP contribution in [-0.4, -0.2) is 41.8 Å². The highest BCUT2D eigenvalue weighted by Gasteiger charge is 2.55. The zero-order valence-electron chi connectivity index (χ0n) is 12.0. The molecule has 3 heterocycles. The fourth-order valence-electron chi connectivity index (χ4n) is 4.70. The van der Waals surface area contributed by atoms with Gasteiger partial charge in [-0.15, -0.1) is 0 Å². The van der Waals surface area contributed by atoms with E-state index in [0.717, 1.165) is 25.9 Å². The SMILES string of the molecule is CCOC(=O)CC12CCCC3(CCC1)NCCCN23. The molecule has 0 spiro atoms. The minimum absolute atomic E-state index is 0.00854. The first-order chi connectivity index (χ1) is 9.21. The second kappa shape index (κ2) is 5.06. The third kappa shape index (κ3) is 2.19. The minimum Gasteiger partial charge on any atom is -0.466 e. The predicted molar refractivity (Wildman–Crippen MR) is 73.7 cm³/mol. The van der Waals surface area contributed by atoms with Gasteiger partial charge in [-0.2, -0.15) is 0 Å². The Morgan fingerprint density at radius 3 is 2.63 bits per heavy atom. The maximum absolute atomic E-state index is 12.0. The Balaban J connectivity index is 1.83. The van der Waals surface area contributed by atoms with E-state index in [4.69, 9.17) is 4.74 Å². The number of rotatable bonds is 3. The van der Waals surface area contributed by atoms with E-state index in [0.29, 0.717) is 13.0 Å². The van der Waals surface area contributed by atoms with E-state index in [1.54, 1.807) is 0 Å². The summed E-state index contributed by atoms with van der Waals surface area (Å²) in [6.07, 6.45) is 9.09. The van der Waals surface area contributed by atoms with Crippen LogP contribution < -0.4 is 5.32 Å². The summed E-state index contributed by atoms with van der Waals surface area (Å²) in [5.41, 5.74) is 0.275. The van der Waals surface area contributed by atoms with Gasteiger partial charge >= 0.3 is 5.97 Å². The van der Waals surface area contributed by atoms with E-state index in [2.05, 4.69) is 10.2 Å². The molecule has 3 rings (SSSR count). The van der Waals surface area contributed by atoms with Gasteiger partial charge in [-0.3, -0.25) is 15.0 Å². The monoisotopic (exact) mass is 266 g/mol. The topological polar surface area (TPSA) is 41.6 Å². The van der Waals surface area contributed by atoms with Gasteiger partial charge in [0.1, 0.15) is 0 Å². The summed E-state index contributed by atoms with van der Waals surface area (Å²) < 4.78 is 5.22. The highest BCUT2D eigenvalue weighted by atomic mass is 16.5. The van der Waals surface area contributed by atoms with Crippen molar-refractivity contribution in [3.8, 4) is 0 Å². The first-order valence-corrected chi connectivity index (χ1v) is 7.89. The van der Waals surface area contributed by atoms with Gasteiger partial charge in [0.15, 0.2) is 0 Å². The number of carbonyl (C=O) groups excluding carboxylic acids is 1. The number of hydrogen-bond acceptors (Lipinski definition) is 4. The number of esters is 1. The Hall–Kier alpha value is -0.610. The number of carbonyl (C=O) groups is 1. The van der Waals surface area contributed by atoms with Crippen LogP contribution in [0.4, 0.5) is 0 Å². The Labute approximate surface area is 115 Å². The molecule has 0 atom stereocenters. The Morgan fingerprint density at radius 2 is 1.95 bits per heavy atom. The zero-order chi connectivity index (χ0) is 13.3. The van der Waals surface area contributed by atoms with Crippen LogP contribution in [-0.2, 0) is 9.53 Å². The molecule has 2 bridgehead atoms. The van der Waals surface area contributed by atoms with Crippen LogP contribution in [0.2, 0.25) is 0 Å². The molecular formula is C15H26N2O2. The van der Waals surface area contributed by atoms with E-state index < -0.39 is 0 Å². The van der Waals surface area contributed by atoms with Crippen molar-refractivity contribution in [2.24, 2.45) is 0 Å². The molecule has 1 N–H and O–H groups in total. The largest absolute Gasteiger partial charge is 0.466 e. The van der Waals surface area contributed by atoms with Crippen molar-refractivity contribution in [3.05, 3.63) is 0 Å². The van der Waals surface area contributed by atoms with Gasteiger partial charge in [0, 0.05) is 12.1 Å². The Morgan fingerprint density at radius 1 is 1.21 bits per heavy atom. The normalized spacial score (nSPS) is 38.6. The zero-order valence-corrected chi connectivity index (χ0v) is 12.0. The van der Waals surface area contributed by atoms with Gasteiger partial charge in [0.05, 0.1) is 18.7 Å². The van der Waals surface area contributed by atoms with Crippen LogP contribution in [0.5, 0.6) is 0 Å². The van der Waals surface area contributed by atoms with E-state index in [-0.39, 0.29) is 17.2 Å². The quantitative estimate of drug-likeness (QED) is 0.794. The molecule has 4 nitrogen and oxygen atoms in total. The number of ether oxygens (including phenoxy) is 1. The minimum atomic E-state index is -0.00854. The average Bonchev–Trinajstić information content (AvgIpc) is 2.38. The number of hydrogen-bond donors (Lipinski definition) is 1. The van der Waals surface area contributed by atoms with Gasteiger partial charge in [-0.1, -0.05) is 0 Å². The number of nitrogens with zero attached hydrogens (tertiary/aromatic N) is 1. The van der Waals surface area contributed by atoms with Crippen molar-refractivity contribution in [1.82, 2.24) is 10.2 Å². The summed E-state index contributed by atoms with van der Waals surface area (Å²) in [7, 11) is 0. The first-order valence-electron chi connectivity index (χ1n) is 7.89. The van der Waals surface area contributed by atoms with Crippen molar-refractivity contribution in [2.45, 2.75) is 69.5 Å². The van der Waals surface area contributed by atoms with Crippen LogP contribution in [0.25, 0.3) is 0 Å². The Kier molecular flexibility index (Phi) is 3.56. The summed E-state index contributed by atoms with van der Waals surface area (Å²) in [4.78, 5) is 14.7. The summed E-state index contributed by atoms with van der Waals surface area (Å²) in [6, 6.07) is 0. The van der Waals surface area contributed by atoms with Gasteiger partial charge < -0.3 is 4.74 Å². The molecule has 19 heavy (non-hydrogen) atoms. The highest BCUT2D eigenvalue weighted by molar-refractivity contribution is 5.71. The number of nitrogens with one attached hydrogen (secondary N) is 1. The molecule has 3 fully saturated rings. The molecule has 108 valence electrons. The predicted octanol–water partition coefficient (Wildman–Crippen LogP) is 2.04. The fraction of sp³-hybridized carbons (Fsp3) is 0.933. The molecular weight excluding hydrogens is 240 g/mol. The molecule has 0 aromatic rings. The smallest absolute Gasteiger partial charge is 0.307 e. The first kappa shape index (κ1) is 13.4. The third-order valence-electron chi connectivity index (χ3n) is 5.35. The molecule has 0 radical (unpaired) electrons. The molecule has 0 unspecified atom stereocenters. The van der Waals surface area contributed by atoms with Crippen LogP contribution in [0.3, 0.4) is 0 Å². The van der Waals surface area contributed by atoms with Crippen molar-refractivity contribution in [3.63, 3.8) is 0 Å². The lowest BCUT2D eigenvalue weighted by molar-refractivity contribution is -0.163. The molecule has 0 amide bonds. The van der Waals surface area contributed by atoms with E-state index >= 15 is 0 Å². The highest BCUT2D eigenvalue weighted by Crippen LogP contribution is 2.49. The van der Waals surface area contributed by atoms with Crippen LogP contribution in [0.15, 0.2) is 0 Å². The lowest BCUT2D eigenvalue weighted by Crippen LogP contribution is -2.74. The number of piperidine rings is 2. The Bertz CT molecular complexity index is 341. The standard InChI is InChI=1S/C15H26N2O2/c1-2-19-13(18)12-14-6-3-8-15(9-4-7-14)16-10-5-11-17(14)15/h16H,2-12H2,1H3. The van der Waals surface area contributed by atoms with E-state index in [1.807, 2.05) is 6.92 Å². The van der Waals surface area contributed by atoms with Gasteiger partial charge in [-0.25, -0.2) is 0 Å². The van der Waals surface area contributed by atoms with Crippen molar-refractivity contribution < 1.29 is 9.53 Å². The molecule has 0 saturated carbocycles. The summed E-state index contributed by atoms with van der Waals surface area (Å²) in [6.45, 7) is 4.67. The van der Waals surface area contributed by atoms with E-state index in [1.165, 1.54) is 32.1 Å². The molecule has 3 saturated heterocycles. The molecule has 4 heteroatoms. The molecule has 3 aliphatic rings. The van der Waals surface area contributed by atoms with E-state index in [9.17, 15) is 4.79 Å². The summed E-state index contributed by atoms with van der Waals surface area (Å²) in [5.74, 6) is -0.00854. The van der Waals surface area contributed by atoms with Gasteiger partial charge in [0.25, 0.3) is 0 Å². The second-order valence-electron chi connectivity index (χ2n) is 6.38. The van der Waals surface area contributed by atoms with Crippen LogP contribution in [0.1, 0.15) is 58.3 Å². The average molecular weight is 266 g/mol. The molecule has 0 aliphatic carbocycles. The second-order valence-corrected chi connectivity index (χ2v) is 6.38. The summed E-state index contributed by atoms with van der Waals surface area (Å²) >= 11 is 0. The van der Waals surface area contributed by atoms with Gasteiger partial charge in [0.2, 0.25) is 0 Å². The maximum atomic E-state index is 12.0. The fourth-order valence-corrected chi connectivity index (χ4v) is 4.70. The lowest BCUT2D eigenvalue weighted by Gasteiger charge is -2.63. The van der Waals surface area contributed by atoms with Crippen molar-refractivity contribution in [2.75, 3.05) is 19.7 Å². The van der Waals surface area contributed by atoms with Crippen LogP contribution in [0, 0.1) is 0 Å². The van der Waals surface area contributed by atoms with Crippen molar-refractivity contribution >= 4 is 5.97 Å². The van der Waals surface area contributed by atoms with Crippen LogP contribution >= 0.6 is 0 Å².